The van der Waals surface area contributed by atoms with Crippen LogP contribution in [0.15, 0.2) is 82.8 Å². The Bertz CT molecular complexity index is 1100. The number of anilines is 1. The third kappa shape index (κ3) is 8.80. The summed E-state index contributed by atoms with van der Waals surface area (Å²) in [5.74, 6) is 1.46. The summed E-state index contributed by atoms with van der Waals surface area (Å²) in [4.78, 5) is 25.0. The lowest BCUT2D eigenvalue weighted by atomic mass is 10.2. The first-order valence-corrected chi connectivity index (χ1v) is 11.8. The molecular weight excluding hydrogens is 474 g/mol. The van der Waals surface area contributed by atoms with E-state index in [0.717, 1.165) is 10.5 Å². The quantitative estimate of drug-likeness (QED) is 0.221. The number of thioether (sulfide) groups is 1. The Morgan fingerprint density at radius 2 is 1.62 bits per heavy atom. The van der Waals surface area contributed by atoms with Crippen LogP contribution in [-0.2, 0) is 9.59 Å². The van der Waals surface area contributed by atoms with Crippen LogP contribution in [0.25, 0.3) is 0 Å². The first-order chi connectivity index (χ1) is 16.5. The minimum atomic E-state index is -0.271. The molecule has 0 aliphatic rings. The Balaban J connectivity index is 1.35. The minimum Gasteiger partial charge on any atom is -0.497 e. The predicted octanol–water partition coefficient (Wildman–Crippen LogP) is 5.00. The van der Waals surface area contributed by atoms with Gasteiger partial charge in [-0.1, -0.05) is 11.6 Å². The van der Waals surface area contributed by atoms with Gasteiger partial charge in [0.25, 0.3) is 5.91 Å². The molecule has 0 aromatic heterocycles. The van der Waals surface area contributed by atoms with Crippen LogP contribution < -0.4 is 20.2 Å². The molecule has 0 aliphatic carbocycles. The maximum atomic E-state index is 12.0. The summed E-state index contributed by atoms with van der Waals surface area (Å²) in [5, 5.41) is 7.41. The SMILES string of the molecule is COc1ccc(NC(=O)COc2ccc(/C=N/NC(=O)CCSc3ccc(Cl)cc3)cc2)cc1. The van der Waals surface area contributed by atoms with Gasteiger partial charge < -0.3 is 14.8 Å². The fourth-order valence-corrected chi connectivity index (χ4v) is 3.68. The molecule has 2 amide bonds. The van der Waals surface area contributed by atoms with Gasteiger partial charge in [-0.15, -0.1) is 11.8 Å². The molecule has 3 aromatic rings. The number of carbonyl (C=O) groups is 2. The Hall–Kier alpha value is -3.49. The van der Waals surface area contributed by atoms with E-state index >= 15 is 0 Å². The first-order valence-electron chi connectivity index (χ1n) is 10.4. The van der Waals surface area contributed by atoms with Crippen molar-refractivity contribution in [1.29, 1.82) is 0 Å². The molecule has 0 heterocycles. The van der Waals surface area contributed by atoms with E-state index in [-0.39, 0.29) is 18.4 Å². The number of ether oxygens (including phenoxy) is 2. The van der Waals surface area contributed by atoms with Gasteiger partial charge in [0.05, 0.1) is 13.3 Å². The molecule has 0 spiro atoms. The van der Waals surface area contributed by atoms with Crippen LogP contribution in [-0.4, -0.2) is 37.5 Å². The number of hydrogen-bond acceptors (Lipinski definition) is 6. The van der Waals surface area contributed by atoms with Crippen LogP contribution in [0, 0.1) is 0 Å². The van der Waals surface area contributed by atoms with Crippen molar-refractivity contribution in [2.24, 2.45) is 5.10 Å². The molecule has 0 radical (unpaired) electrons. The third-order valence-corrected chi connectivity index (χ3v) is 5.70. The van der Waals surface area contributed by atoms with Crippen molar-refractivity contribution >= 4 is 47.1 Å². The molecule has 3 aromatic carbocycles. The van der Waals surface area contributed by atoms with Gasteiger partial charge in [0.2, 0.25) is 5.91 Å². The Morgan fingerprint density at radius 1 is 0.941 bits per heavy atom. The van der Waals surface area contributed by atoms with Crippen LogP contribution in [0.2, 0.25) is 5.02 Å². The Labute approximate surface area is 207 Å². The maximum absolute atomic E-state index is 12.0. The second-order valence-corrected chi connectivity index (χ2v) is 8.58. The molecule has 0 bridgehead atoms. The lowest BCUT2D eigenvalue weighted by Gasteiger charge is -2.08. The highest BCUT2D eigenvalue weighted by molar-refractivity contribution is 7.99. The smallest absolute Gasteiger partial charge is 0.262 e. The van der Waals surface area contributed by atoms with Gasteiger partial charge in [-0.3, -0.25) is 9.59 Å². The molecule has 0 unspecified atom stereocenters. The topological polar surface area (TPSA) is 89.0 Å². The van der Waals surface area contributed by atoms with Crippen molar-refractivity contribution in [3.05, 3.63) is 83.4 Å². The number of halogens is 1. The Kier molecular flexibility index (Phi) is 9.81. The maximum Gasteiger partial charge on any atom is 0.262 e. The highest BCUT2D eigenvalue weighted by atomic mass is 35.5. The van der Waals surface area contributed by atoms with Gasteiger partial charge in [-0.25, -0.2) is 5.43 Å². The molecule has 2 N–H and O–H groups in total. The summed E-state index contributed by atoms with van der Waals surface area (Å²) >= 11 is 7.44. The Morgan fingerprint density at radius 3 is 2.29 bits per heavy atom. The molecule has 0 fully saturated rings. The summed E-state index contributed by atoms with van der Waals surface area (Å²) in [6, 6.07) is 21.5. The molecule has 0 aliphatic heterocycles. The van der Waals surface area contributed by atoms with Crippen molar-refractivity contribution in [1.82, 2.24) is 5.43 Å². The number of hydrogen-bond donors (Lipinski definition) is 2. The van der Waals surface area contributed by atoms with Crippen LogP contribution >= 0.6 is 23.4 Å². The normalized spacial score (nSPS) is 10.6. The zero-order chi connectivity index (χ0) is 24.2. The molecule has 0 atom stereocenters. The fraction of sp³-hybridized carbons (Fsp3) is 0.160. The van der Waals surface area contributed by atoms with Gasteiger partial charge in [0.15, 0.2) is 6.61 Å². The molecular formula is C25H24ClN3O4S. The van der Waals surface area contributed by atoms with E-state index in [2.05, 4.69) is 15.8 Å². The average molecular weight is 498 g/mol. The largest absolute Gasteiger partial charge is 0.497 e. The minimum absolute atomic E-state index is 0.121. The van der Waals surface area contributed by atoms with Gasteiger partial charge in [-0.05, 0) is 78.4 Å². The van der Waals surface area contributed by atoms with E-state index in [1.165, 1.54) is 0 Å². The molecule has 176 valence electrons. The fourth-order valence-electron chi connectivity index (χ4n) is 2.70. The van der Waals surface area contributed by atoms with Gasteiger partial charge in [0, 0.05) is 27.8 Å². The number of carbonyl (C=O) groups excluding carboxylic acids is 2. The number of rotatable bonds is 11. The van der Waals surface area contributed by atoms with E-state index in [9.17, 15) is 9.59 Å². The van der Waals surface area contributed by atoms with Crippen LogP contribution in [0.1, 0.15) is 12.0 Å². The van der Waals surface area contributed by atoms with Crippen LogP contribution in [0.3, 0.4) is 0 Å². The highest BCUT2D eigenvalue weighted by Gasteiger charge is 2.05. The van der Waals surface area contributed by atoms with Crippen molar-refractivity contribution in [2.75, 3.05) is 24.8 Å². The second kappa shape index (κ2) is 13.3. The second-order valence-electron chi connectivity index (χ2n) is 6.98. The van der Waals surface area contributed by atoms with Gasteiger partial charge >= 0.3 is 0 Å². The summed E-state index contributed by atoms with van der Waals surface area (Å²) in [7, 11) is 1.58. The first kappa shape index (κ1) is 25.1. The summed E-state index contributed by atoms with van der Waals surface area (Å²) in [6.45, 7) is -0.121. The third-order valence-electron chi connectivity index (χ3n) is 4.44. The molecule has 9 heteroatoms. The summed E-state index contributed by atoms with van der Waals surface area (Å²) < 4.78 is 10.6. The number of benzene rings is 3. The van der Waals surface area contributed by atoms with E-state index < -0.39 is 0 Å². The zero-order valence-corrected chi connectivity index (χ0v) is 20.1. The summed E-state index contributed by atoms with van der Waals surface area (Å²) in [6.07, 6.45) is 1.89. The molecule has 0 saturated carbocycles. The van der Waals surface area contributed by atoms with E-state index in [0.29, 0.717) is 34.4 Å². The number of amides is 2. The number of methoxy groups -OCH3 is 1. The number of nitrogens with one attached hydrogen (secondary N) is 2. The summed E-state index contributed by atoms with van der Waals surface area (Å²) in [5.41, 5.74) is 3.96. The van der Waals surface area contributed by atoms with Gasteiger partial charge in [0.1, 0.15) is 11.5 Å². The van der Waals surface area contributed by atoms with Gasteiger partial charge in [-0.2, -0.15) is 5.10 Å². The standard InChI is InChI=1S/C25H24ClN3O4S/c1-32-21-10-6-20(7-11-21)28-25(31)17-33-22-8-2-18(3-9-22)16-27-29-24(30)14-15-34-23-12-4-19(26)5-13-23/h2-13,16H,14-15,17H2,1H3,(H,28,31)(H,29,30)/b27-16+. The zero-order valence-electron chi connectivity index (χ0n) is 18.5. The van der Waals surface area contributed by atoms with Crippen LogP contribution in [0.5, 0.6) is 11.5 Å². The lowest BCUT2D eigenvalue weighted by molar-refractivity contribution is -0.120. The van der Waals surface area contributed by atoms with E-state index in [1.807, 2.05) is 24.3 Å². The molecule has 34 heavy (non-hydrogen) atoms. The lowest BCUT2D eigenvalue weighted by Crippen LogP contribution is -2.20. The van der Waals surface area contributed by atoms with Crippen molar-refractivity contribution in [3.63, 3.8) is 0 Å². The predicted molar refractivity (Wildman–Crippen MR) is 136 cm³/mol. The monoisotopic (exact) mass is 497 g/mol. The highest BCUT2D eigenvalue weighted by Crippen LogP contribution is 2.21. The molecule has 3 rings (SSSR count). The number of hydrazone groups is 1. The average Bonchev–Trinajstić information content (AvgIpc) is 2.85. The van der Waals surface area contributed by atoms with Crippen molar-refractivity contribution < 1.29 is 19.1 Å². The van der Waals surface area contributed by atoms with Crippen LogP contribution in [0.4, 0.5) is 5.69 Å². The number of nitrogens with zero attached hydrogens (tertiary/aromatic N) is 1. The van der Waals surface area contributed by atoms with Crippen molar-refractivity contribution in [2.45, 2.75) is 11.3 Å². The van der Waals surface area contributed by atoms with E-state index in [1.54, 1.807) is 73.6 Å². The molecule has 7 nitrogen and oxygen atoms in total. The van der Waals surface area contributed by atoms with E-state index in [4.69, 9.17) is 21.1 Å². The molecule has 0 saturated heterocycles. The van der Waals surface area contributed by atoms with Crippen molar-refractivity contribution in [3.8, 4) is 11.5 Å².